The van der Waals surface area contributed by atoms with E-state index in [1.165, 1.54) is 0 Å². The van der Waals surface area contributed by atoms with Crippen LogP contribution in [0.25, 0.3) is 5.53 Å². The Balaban J connectivity index is 3.37. The fraction of sp³-hybridized carbons (Fsp3) is 0.667. The molecule has 0 aliphatic heterocycles. The highest BCUT2D eigenvalue weighted by Crippen LogP contribution is 2.44. The number of aliphatic carboxylic acids is 1. The monoisotopic (exact) mass is 282 g/mol. The summed E-state index contributed by atoms with van der Waals surface area (Å²) in [4.78, 5) is 38.0. The maximum Gasteiger partial charge on any atom is 0.400 e. The molecule has 0 bridgehead atoms. The minimum atomic E-state index is -1.15. The highest BCUT2D eigenvalue weighted by atomic mass is 28.1. The number of hydrogen-bond acceptors (Lipinski definition) is 3. The van der Waals surface area contributed by atoms with Crippen LogP contribution in [0.3, 0.4) is 0 Å². The Kier molecular flexibility index (Phi) is 4.22. The van der Waals surface area contributed by atoms with Crippen molar-refractivity contribution in [1.82, 2.24) is 0 Å². The molecule has 1 N–H and O–H groups in total. The minimum absolute atomic E-state index is 0.177. The van der Waals surface area contributed by atoms with Gasteiger partial charge in [0, 0.05) is 22.6 Å². The largest absolute Gasteiger partial charge is 0.481 e. The van der Waals surface area contributed by atoms with E-state index in [4.69, 9.17) is 5.53 Å². The lowest BCUT2D eigenvalue weighted by Gasteiger charge is -2.40. The summed E-state index contributed by atoms with van der Waals surface area (Å²) in [5, 5.41) is 9.25. The normalized spacial score (nSPS) is 26.2. The lowest BCUT2D eigenvalue weighted by atomic mass is 9.62. The molecule has 0 aromatic carbocycles. The van der Waals surface area contributed by atoms with E-state index in [1.807, 2.05) is 20.8 Å². The molecule has 1 aliphatic rings. The van der Waals surface area contributed by atoms with Gasteiger partial charge in [0.05, 0.1) is 5.92 Å². The zero-order valence-corrected chi connectivity index (χ0v) is 13.5. The molecule has 0 aromatic heterocycles. The molecule has 0 amide bonds. The maximum absolute atomic E-state index is 12.3. The second kappa shape index (κ2) is 5.18. The lowest BCUT2D eigenvalue weighted by Crippen LogP contribution is -2.51. The van der Waals surface area contributed by atoms with E-state index >= 15 is 0 Å². The molecule has 19 heavy (non-hydrogen) atoms. The highest BCUT2D eigenvalue weighted by Gasteiger charge is 2.55. The minimum Gasteiger partial charge on any atom is -0.481 e. The zero-order valence-electron chi connectivity index (χ0n) is 11.5. The quantitative estimate of drug-likeness (QED) is 0.436. The molecule has 1 aliphatic carbocycles. The molecule has 7 heteroatoms. The second-order valence-corrected chi connectivity index (χ2v) is 7.57. The Morgan fingerprint density at radius 1 is 1.53 bits per heavy atom. The van der Waals surface area contributed by atoms with E-state index in [0.29, 0.717) is 0 Å². The zero-order chi connectivity index (χ0) is 15.0. The number of carbonyl (C=O) groups is 3. The van der Waals surface area contributed by atoms with Crippen LogP contribution < -0.4 is 0 Å². The molecule has 0 radical (unpaired) electrons. The topological polar surface area (TPSA) is 108 Å². The smallest absolute Gasteiger partial charge is 0.400 e. The predicted octanol–water partition coefficient (Wildman–Crippen LogP) is -0.284. The molecule has 1 saturated carbocycles. The van der Waals surface area contributed by atoms with Gasteiger partial charge in [-0.15, -0.1) is 0 Å². The Bertz CT molecular complexity index is 492. The Labute approximate surface area is 114 Å². The Morgan fingerprint density at radius 3 is 2.42 bits per heavy atom. The van der Waals surface area contributed by atoms with Crippen molar-refractivity contribution in [3.05, 3.63) is 5.53 Å². The van der Waals surface area contributed by atoms with Gasteiger partial charge < -0.3 is 10.6 Å². The van der Waals surface area contributed by atoms with Crippen molar-refractivity contribution in [2.24, 2.45) is 17.3 Å². The summed E-state index contributed by atoms with van der Waals surface area (Å²) < 4.78 is 0. The highest BCUT2D eigenvalue weighted by molar-refractivity contribution is 6.65. The van der Waals surface area contributed by atoms with Gasteiger partial charge in [-0.1, -0.05) is 26.3 Å². The summed E-state index contributed by atoms with van der Waals surface area (Å²) >= 11 is 0. The fourth-order valence-electron chi connectivity index (χ4n) is 2.43. The number of hydrogen-bond donors (Lipinski definition) is 1. The fourth-order valence-corrected chi connectivity index (χ4v) is 2.79. The number of rotatable bonds is 3. The third kappa shape index (κ3) is 2.57. The van der Waals surface area contributed by atoms with Crippen LogP contribution in [0, 0.1) is 17.3 Å². The van der Waals surface area contributed by atoms with Gasteiger partial charge in [0.2, 0.25) is 5.78 Å². The van der Waals surface area contributed by atoms with Crippen LogP contribution in [0.4, 0.5) is 0 Å². The third-order valence-electron chi connectivity index (χ3n) is 4.29. The van der Waals surface area contributed by atoms with Gasteiger partial charge in [0.25, 0.3) is 5.78 Å². The molecule has 0 spiro atoms. The number of ketones is 2. The van der Waals surface area contributed by atoms with Crippen LogP contribution in [0.1, 0.15) is 27.2 Å². The molecule has 3 unspecified atom stereocenters. The average Bonchev–Trinajstić information content (AvgIpc) is 2.27. The number of nitrogens with zero attached hydrogens (tertiary/aromatic N) is 2. The SMILES string of the molecule is CC([SiH3])C(C)(C)C1C(=O)C(=[N+]=[N-])C(=O)CC1C(=O)O. The Hall–Kier alpha value is -1.59. The van der Waals surface area contributed by atoms with Crippen molar-refractivity contribution in [3.63, 3.8) is 0 Å². The van der Waals surface area contributed by atoms with Crippen LogP contribution in [0.15, 0.2) is 0 Å². The van der Waals surface area contributed by atoms with Gasteiger partial charge in [-0.2, -0.15) is 4.79 Å². The summed E-state index contributed by atoms with van der Waals surface area (Å²) in [6, 6.07) is 0. The number of Topliss-reactive ketones (excluding diaryl/α,β-unsaturated/α-hetero) is 2. The van der Waals surface area contributed by atoms with Crippen molar-refractivity contribution in [2.45, 2.75) is 32.7 Å². The lowest BCUT2D eigenvalue weighted by molar-refractivity contribution is -0.153. The first-order chi connectivity index (χ1) is 8.64. The van der Waals surface area contributed by atoms with Gasteiger partial charge >= 0.3 is 11.7 Å². The van der Waals surface area contributed by atoms with Gasteiger partial charge in [-0.3, -0.25) is 14.4 Å². The van der Waals surface area contributed by atoms with Crippen LogP contribution in [0.5, 0.6) is 0 Å². The number of carboxylic acid groups (broad SMARTS) is 1. The van der Waals surface area contributed by atoms with Gasteiger partial charge in [-0.05, 0) is 5.41 Å². The summed E-state index contributed by atoms with van der Waals surface area (Å²) in [5.41, 5.74) is 7.90. The molecule has 1 fully saturated rings. The first-order valence-electron chi connectivity index (χ1n) is 6.16. The summed E-state index contributed by atoms with van der Waals surface area (Å²) in [6.45, 7) is 5.60. The van der Waals surface area contributed by atoms with E-state index in [1.54, 1.807) is 0 Å². The van der Waals surface area contributed by atoms with Crippen LogP contribution in [0.2, 0.25) is 5.54 Å². The van der Waals surface area contributed by atoms with Crippen LogP contribution in [-0.4, -0.2) is 43.4 Å². The molecule has 104 valence electrons. The van der Waals surface area contributed by atoms with E-state index < -0.39 is 40.5 Å². The molecule has 6 nitrogen and oxygen atoms in total. The first-order valence-corrected chi connectivity index (χ1v) is 7.32. The third-order valence-corrected chi connectivity index (χ3v) is 5.78. The maximum atomic E-state index is 12.3. The van der Waals surface area contributed by atoms with Crippen LogP contribution >= 0.6 is 0 Å². The first kappa shape index (κ1) is 15.5. The van der Waals surface area contributed by atoms with Gasteiger partial charge in [-0.25, -0.2) is 0 Å². The van der Waals surface area contributed by atoms with Crippen molar-refractivity contribution in [3.8, 4) is 0 Å². The summed E-state index contributed by atoms with van der Waals surface area (Å²) in [7, 11) is 0.796. The molecule has 0 saturated heterocycles. The summed E-state index contributed by atoms with van der Waals surface area (Å²) in [6.07, 6.45) is -0.289. The summed E-state index contributed by atoms with van der Waals surface area (Å²) in [5.74, 6) is -4.39. The predicted molar refractivity (Wildman–Crippen MR) is 71.0 cm³/mol. The van der Waals surface area contributed by atoms with Crippen LogP contribution in [-0.2, 0) is 14.4 Å². The second-order valence-electron chi connectivity index (χ2n) is 5.84. The van der Waals surface area contributed by atoms with Crippen molar-refractivity contribution in [1.29, 1.82) is 0 Å². The molecular weight excluding hydrogens is 264 g/mol. The molecule has 0 heterocycles. The van der Waals surface area contributed by atoms with Gasteiger partial charge in [0.15, 0.2) is 0 Å². The average molecular weight is 282 g/mol. The van der Waals surface area contributed by atoms with Crippen molar-refractivity contribution in [2.75, 3.05) is 0 Å². The van der Waals surface area contributed by atoms with Crippen molar-refractivity contribution >= 4 is 33.5 Å². The van der Waals surface area contributed by atoms with E-state index in [9.17, 15) is 19.5 Å². The van der Waals surface area contributed by atoms with E-state index in [0.717, 1.165) is 10.2 Å². The molecule has 1 rings (SSSR count). The van der Waals surface area contributed by atoms with Crippen molar-refractivity contribution < 1.29 is 24.3 Å². The van der Waals surface area contributed by atoms with Gasteiger partial charge in [0.1, 0.15) is 0 Å². The molecule has 3 atom stereocenters. The molecule has 0 aromatic rings. The molecular formula is C12H18N2O4Si. The Morgan fingerprint density at radius 2 is 2.05 bits per heavy atom. The van der Waals surface area contributed by atoms with E-state index in [-0.39, 0.29) is 12.0 Å². The van der Waals surface area contributed by atoms with E-state index in [2.05, 4.69) is 4.79 Å². The number of carbonyl (C=O) groups excluding carboxylic acids is 2. The standard InChI is InChI=1S/C12H18N2O4Si/c1-5(19)12(2,3)8-6(11(17)18)4-7(15)9(14-13)10(8)16/h5-6,8H,4H2,1-3,19H3,(H,17,18). The number of carboxylic acids is 1.